The number of hydrogen-bond acceptors (Lipinski definition) is 5. The van der Waals surface area contributed by atoms with Gasteiger partial charge in [-0.2, -0.15) is 0 Å². The van der Waals surface area contributed by atoms with Crippen LogP contribution in [0.4, 0.5) is 4.39 Å². The van der Waals surface area contributed by atoms with Crippen molar-refractivity contribution < 1.29 is 9.50 Å². The molecule has 0 radical (unpaired) electrons. The van der Waals surface area contributed by atoms with Crippen molar-refractivity contribution in [3.63, 3.8) is 0 Å². The van der Waals surface area contributed by atoms with Gasteiger partial charge in [0.25, 0.3) is 0 Å². The molecule has 31 heavy (non-hydrogen) atoms. The van der Waals surface area contributed by atoms with Crippen LogP contribution in [0.2, 0.25) is 0 Å². The molecule has 2 saturated heterocycles. The summed E-state index contributed by atoms with van der Waals surface area (Å²) in [5, 5.41) is 13.9. The van der Waals surface area contributed by atoms with Crippen molar-refractivity contribution in [3.8, 4) is 22.7 Å². The smallest absolute Gasteiger partial charge is 0.127 e. The van der Waals surface area contributed by atoms with E-state index in [0.29, 0.717) is 34.5 Å². The molecule has 2 unspecified atom stereocenters. The second kappa shape index (κ2) is 7.89. The SMILES string of the molecule is C=C(c1cnc(-c2ccc(-n3ccnc3)cc2O)cn1)[C@H]1CC2C[C@@H](C)CC(N2)[C@@H]1F. The van der Waals surface area contributed by atoms with Crippen molar-refractivity contribution in [2.45, 2.75) is 44.4 Å². The fourth-order valence-electron chi connectivity index (χ4n) is 5.02. The third-order valence-corrected chi connectivity index (χ3v) is 6.59. The van der Waals surface area contributed by atoms with Gasteiger partial charge in [0, 0.05) is 42.0 Å². The van der Waals surface area contributed by atoms with E-state index in [2.05, 4.69) is 33.8 Å². The third-order valence-electron chi connectivity index (χ3n) is 6.59. The highest BCUT2D eigenvalue weighted by atomic mass is 19.1. The largest absolute Gasteiger partial charge is 0.507 e. The number of aromatic nitrogens is 4. The van der Waals surface area contributed by atoms with Crippen LogP contribution in [0.25, 0.3) is 22.5 Å². The van der Waals surface area contributed by atoms with Crippen molar-refractivity contribution in [1.29, 1.82) is 0 Å². The van der Waals surface area contributed by atoms with Crippen LogP contribution in [-0.2, 0) is 0 Å². The standard InChI is InChI=1S/C24H26FN5O/c1-14-7-16-9-19(24(25)20(8-14)29-16)15(2)21-11-28-22(12-27-21)18-4-3-17(10-23(18)31)30-6-5-26-13-30/h3-6,10-14,16,19-20,24,29,31H,2,7-9H2,1H3/t14-,16?,19-,20?,24-/m1/s1. The van der Waals surface area contributed by atoms with E-state index in [1.807, 2.05) is 16.8 Å². The highest BCUT2D eigenvalue weighted by Gasteiger charge is 2.43. The number of imidazole rings is 1. The van der Waals surface area contributed by atoms with Crippen LogP contribution in [-0.4, -0.2) is 42.9 Å². The lowest BCUT2D eigenvalue weighted by molar-refractivity contribution is 0.0773. The number of halogens is 1. The molecule has 2 N–H and O–H groups in total. The Hall–Kier alpha value is -3.06. The van der Waals surface area contributed by atoms with Gasteiger partial charge in [-0.1, -0.05) is 13.5 Å². The molecule has 0 amide bonds. The third kappa shape index (κ3) is 3.74. The van der Waals surface area contributed by atoms with E-state index in [1.54, 1.807) is 37.1 Å². The number of allylic oxidation sites excluding steroid dienone is 1. The number of nitrogens with one attached hydrogen (secondary N) is 1. The Kier molecular flexibility index (Phi) is 5.06. The van der Waals surface area contributed by atoms with E-state index in [-0.39, 0.29) is 17.7 Å². The molecule has 1 aromatic carbocycles. The Morgan fingerprint density at radius 1 is 1.23 bits per heavy atom. The number of phenolic OH excluding ortho intramolecular Hbond substituents is 1. The summed E-state index contributed by atoms with van der Waals surface area (Å²) >= 11 is 0. The van der Waals surface area contributed by atoms with Crippen molar-refractivity contribution in [2.24, 2.45) is 11.8 Å². The molecular weight excluding hydrogens is 393 g/mol. The predicted molar refractivity (Wildman–Crippen MR) is 117 cm³/mol. The summed E-state index contributed by atoms with van der Waals surface area (Å²) < 4.78 is 17.0. The number of nitrogens with zero attached hydrogens (tertiary/aromatic N) is 4. The first kappa shape index (κ1) is 19.9. The van der Waals surface area contributed by atoms with Crippen LogP contribution in [0.3, 0.4) is 0 Å². The van der Waals surface area contributed by atoms with Gasteiger partial charge >= 0.3 is 0 Å². The summed E-state index contributed by atoms with van der Waals surface area (Å²) in [5.41, 5.74) is 3.26. The minimum absolute atomic E-state index is 0.108. The zero-order valence-electron chi connectivity index (χ0n) is 17.4. The van der Waals surface area contributed by atoms with E-state index in [4.69, 9.17) is 0 Å². The van der Waals surface area contributed by atoms with Crippen LogP contribution < -0.4 is 5.32 Å². The predicted octanol–water partition coefficient (Wildman–Crippen LogP) is 4.16. The van der Waals surface area contributed by atoms with Crippen LogP contribution in [0.15, 0.2) is 55.9 Å². The van der Waals surface area contributed by atoms with Crippen LogP contribution in [0, 0.1) is 11.8 Å². The van der Waals surface area contributed by atoms with Gasteiger partial charge in [0.05, 0.1) is 35.8 Å². The Bertz CT molecular complexity index is 1080. The Balaban J connectivity index is 1.35. The lowest BCUT2D eigenvalue weighted by Crippen LogP contribution is -2.57. The topological polar surface area (TPSA) is 75.9 Å². The van der Waals surface area contributed by atoms with Crippen LogP contribution >= 0.6 is 0 Å². The summed E-state index contributed by atoms with van der Waals surface area (Å²) in [5.74, 6) is 0.415. The molecule has 2 bridgehead atoms. The van der Waals surface area contributed by atoms with Crippen LogP contribution in [0.5, 0.6) is 5.75 Å². The molecule has 6 nitrogen and oxygen atoms in total. The highest BCUT2D eigenvalue weighted by molar-refractivity contribution is 5.69. The fourth-order valence-corrected chi connectivity index (χ4v) is 5.02. The zero-order chi connectivity index (χ0) is 21.5. The molecule has 5 rings (SSSR count). The number of phenols is 1. The Morgan fingerprint density at radius 3 is 2.81 bits per heavy atom. The molecule has 3 aromatic rings. The molecule has 2 fully saturated rings. The number of fused-ring (bicyclic) bond motifs is 2. The quantitative estimate of drug-likeness (QED) is 0.664. The van der Waals surface area contributed by atoms with Crippen molar-refractivity contribution >= 4 is 5.57 Å². The first-order valence-electron chi connectivity index (χ1n) is 10.7. The normalized spacial score (nSPS) is 27.7. The van der Waals surface area contributed by atoms with Crippen molar-refractivity contribution in [2.75, 3.05) is 0 Å². The van der Waals surface area contributed by atoms with Gasteiger partial charge in [-0.25, -0.2) is 9.37 Å². The van der Waals surface area contributed by atoms with Crippen molar-refractivity contribution in [1.82, 2.24) is 24.8 Å². The van der Waals surface area contributed by atoms with E-state index >= 15 is 4.39 Å². The van der Waals surface area contributed by atoms with Crippen LogP contribution in [0.1, 0.15) is 31.9 Å². The molecule has 2 aliphatic heterocycles. The second-order valence-corrected chi connectivity index (χ2v) is 8.82. The second-order valence-electron chi connectivity index (χ2n) is 8.82. The first-order valence-corrected chi connectivity index (χ1v) is 10.7. The summed E-state index contributed by atoms with van der Waals surface area (Å²) in [4.78, 5) is 13.0. The maximum atomic E-state index is 15.2. The summed E-state index contributed by atoms with van der Waals surface area (Å²) in [6, 6.07) is 5.57. The monoisotopic (exact) mass is 419 g/mol. The van der Waals surface area contributed by atoms with E-state index in [1.165, 1.54) is 0 Å². The Morgan fingerprint density at radius 2 is 2.10 bits per heavy atom. The summed E-state index contributed by atoms with van der Waals surface area (Å²) in [7, 11) is 0. The maximum Gasteiger partial charge on any atom is 0.127 e. The van der Waals surface area contributed by atoms with Gasteiger partial charge in [-0.3, -0.25) is 9.97 Å². The van der Waals surface area contributed by atoms with E-state index in [0.717, 1.165) is 24.9 Å². The lowest BCUT2D eigenvalue weighted by atomic mass is 9.72. The lowest BCUT2D eigenvalue weighted by Gasteiger charge is -2.45. The average molecular weight is 420 g/mol. The molecule has 160 valence electrons. The highest BCUT2D eigenvalue weighted by Crippen LogP contribution is 2.40. The molecular formula is C24H26FN5O. The van der Waals surface area contributed by atoms with Gasteiger partial charge in [0.2, 0.25) is 0 Å². The molecule has 0 spiro atoms. The molecule has 7 heteroatoms. The number of hydrogen-bond donors (Lipinski definition) is 2. The van der Waals surface area contributed by atoms with Gasteiger partial charge in [-0.05, 0) is 42.9 Å². The summed E-state index contributed by atoms with van der Waals surface area (Å²) in [6.07, 6.45) is 10.1. The summed E-state index contributed by atoms with van der Waals surface area (Å²) in [6.45, 7) is 6.38. The molecule has 4 heterocycles. The fraction of sp³-hybridized carbons (Fsp3) is 0.375. The van der Waals surface area contributed by atoms with E-state index in [9.17, 15) is 5.11 Å². The number of piperidine rings is 2. The zero-order valence-corrected chi connectivity index (χ0v) is 17.4. The number of benzene rings is 1. The number of rotatable bonds is 4. The van der Waals surface area contributed by atoms with Gasteiger partial charge in [0.15, 0.2) is 0 Å². The van der Waals surface area contributed by atoms with E-state index < -0.39 is 6.17 Å². The number of aromatic hydroxyl groups is 1. The van der Waals surface area contributed by atoms with Gasteiger partial charge in [0.1, 0.15) is 11.9 Å². The van der Waals surface area contributed by atoms with Crippen molar-refractivity contribution in [3.05, 3.63) is 61.6 Å². The van der Waals surface area contributed by atoms with Gasteiger partial charge < -0.3 is 15.0 Å². The molecule has 2 aliphatic rings. The first-order chi connectivity index (χ1) is 15.0. The van der Waals surface area contributed by atoms with Gasteiger partial charge in [-0.15, -0.1) is 0 Å². The minimum Gasteiger partial charge on any atom is -0.507 e. The maximum absolute atomic E-state index is 15.2. The average Bonchev–Trinajstić information content (AvgIpc) is 3.31. The molecule has 0 aliphatic carbocycles. The minimum atomic E-state index is -0.965. The number of alkyl halides is 1. The molecule has 0 saturated carbocycles. The molecule has 5 atom stereocenters. The Labute approximate surface area is 180 Å². The molecule has 2 aromatic heterocycles.